The molecule has 3 nitrogen and oxygen atoms in total. The van der Waals surface area contributed by atoms with E-state index in [1.807, 2.05) is 0 Å². The van der Waals surface area contributed by atoms with Crippen molar-refractivity contribution in [2.24, 2.45) is 16.1 Å². The van der Waals surface area contributed by atoms with Gasteiger partial charge in [0.2, 0.25) is 0 Å². The van der Waals surface area contributed by atoms with Crippen molar-refractivity contribution in [3.63, 3.8) is 0 Å². The number of nitrogens with two attached hydrogens (primary N) is 1. The summed E-state index contributed by atoms with van der Waals surface area (Å²) in [6.45, 7) is 9.86. The molecule has 1 rings (SSSR count). The molecule has 1 aliphatic rings. The fourth-order valence-electron chi connectivity index (χ4n) is 2.03. The first kappa shape index (κ1) is 17.0. The van der Waals surface area contributed by atoms with Crippen LogP contribution in [0.5, 0.6) is 0 Å². The van der Waals surface area contributed by atoms with Crippen molar-refractivity contribution in [1.82, 2.24) is 4.90 Å². The first-order chi connectivity index (χ1) is 7.49. The Bertz CT molecular complexity index is 227. The fraction of sp³-hybridized carbons (Fsp3) is 0.923. The largest absolute Gasteiger partial charge is 0.370 e. The van der Waals surface area contributed by atoms with E-state index in [0.29, 0.717) is 5.41 Å². The van der Waals surface area contributed by atoms with Gasteiger partial charge in [-0.1, -0.05) is 20.8 Å². The normalized spacial score (nSPS) is 17.8. The fourth-order valence-corrected chi connectivity index (χ4v) is 2.03. The van der Waals surface area contributed by atoms with Gasteiger partial charge in [-0.05, 0) is 37.5 Å². The molecule has 0 amide bonds. The molecule has 0 aromatic heterocycles. The zero-order valence-corrected chi connectivity index (χ0v) is 13.9. The predicted octanol–water partition coefficient (Wildman–Crippen LogP) is 3.23. The quantitative estimate of drug-likeness (QED) is 0.366. The molecule has 1 aliphatic heterocycles. The van der Waals surface area contributed by atoms with Gasteiger partial charge in [-0.3, -0.25) is 4.99 Å². The van der Waals surface area contributed by atoms with E-state index in [9.17, 15) is 0 Å². The van der Waals surface area contributed by atoms with Gasteiger partial charge in [0.15, 0.2) is 5.96 Å². The number of piperidine rings is 1. The van der Waals surface area contributed by atoms with Gasteiger partial charge in [0.05, 0.1) is 0 Å². The number of guanidine groups is 1. The summed E-state index contributed by atoms with van der Waals surface area (Å²) in [6, 6.07) is 0. The zero-order chi connectivity index (χ0) is 12.0. The molecular formula is C13H28IN3. The molecule has 2 N–H and O–H groups in total. The van der Waals surface area contributed by atoms with E-state index < -0.39 is 0 Å². The average Bonchev–Trinajstić information content (AvgIpc) is 2.24. The van der Waals surface area contributed by atoms with E-state index in [0.717, 1.165) is 32.0 Å². The highest BCUT2D eigenvalue weighted by molar-refractivity contribution is 14.0. The first-order valence-corrected chi connectivity index (χ1v) is 6.54. The number of rotatable bonds is 3. The molecule has 0 spiro atoms. The van der Waals surface area contributed by atoms with Crippen molar-refractivity contribution >= 4 is 29.9 Å². The molecule has 102 valence electrons. The second kappa shape index (κ2) is 8.16. The van der Waals surface area contributed by atoms with Crippen LogP contribution in [0.3, 0.4) is 0 Å². The molecule has 1 fully saturated rings. The Labute approximate surface area is 123 Å². The van der Waals surface area contributed by atoms with Gasteiger partial charge in [0.1, 0.15) is 0 Å². The molecule has 0 atom stereocenters. The van der Waals surface area contributed by atoms with Crippen molar-refractivity contribution in [2.45, 2.75) is 52.9 Å². The maximum Gasteiger partial charge on any atom is 0.191 e. The Hall–Kier alpha value is 0. The second-order valence-electron chi connectivity index (χ2n) is 5.95. The van der Waals surface area contributed by atoms with Gasteiger partial charge in [-0.15, -0.1) is 24.0 Å². The highest BCUT2D eigenvalue weighted by atomic mass is 127. The second-order valence-corrected chi connectivity index (χ2v) is 5.95. The van der Waals surface area contributed by atoms with Crippen LogP contribution in [0.25, 0.3) is 0 Å². The summed E-state index contributed by atoms with van der Waals surface area (Å²) in [5.41, 5.74) is 6.39. The van der Waals surface area contributed by atoms with E-state index in [1.165, 1.54) is 25.7 Å². The SMILES string of the molecule is CC(C)(C)CCCN=C(N)N1CCCCC1.I. The molecular weight excluding hydrogens is 325 g/mol. The summed E-state index contributed by atoms with van der Waals surface area (Å²) in [5, 5.41) is 0. The Morgan fingerprint density at radius 3 is 2.29 bits per heavy atom. The summed E-state index contributed by atoms with van der Waals surface area (Å²) >= 11 is 0. The standard InChI is InChI=1S/C13H27N3.HI/c1-13(2,3)8-7-9-15-12(14)16-10-5-4-6-11-16;/h4-11H2,1-3H3,(H2,14,15);1H. The van der Waals surface area contributed by atoms with Gasteiger partial charge < -0.3 is 10.6 Å². The first-order valence-electron chi connectivity index (χ1n) is 6.54. The minimum Gasteiger partial charge on any atom is -0.370 e. The van der Waals surface area contributed by atoms with Crippen LogP contribution in [-0.2, 0) is 0 Å². The van der Waals surface area contributed by atoms with Gasteiger partial charge in [0.25, 0.3) is 0 Å². The van der Waals surface area contributed by atoms with E-state index in [2.05, 4.69) is 30.7 Å². The van der Waals surface area contributed by atoms with Crippen molar-refractivity contribution < 1.29 is 0 Å². The molecule has 1 saturated heterocycles. The molecule has 0 unspecified atom stereocenters. The van der Waals surface area contributed by atoms with Crippen LogP contribution >= 0.6 is 24.0 Å². The Morgan fingerprint density at radius 2 is 1.76 bits per heavy atom. The molecule has 0 aromatic carbocycles. The summed E-state index contributed by atoms with van der Waals surface area (Å²) in [6.07, 6.45) is 6.21. The Balaban J connectivity index is 0.00000256. The molecule has 0 aliphatic carbocycles. The van der Waals surface area contributed by atoms with Crippen LogP contribution in [-0.4, -0.2) is 30.5 Å². The molecule has 0 saturated carbocycles. The lowest BCUT2D eigenvalue weighted by Gasteiger charge is -2.27. The van der Waals surface area contributed by atoms with Crippen molar-refractivity contribution in [3.05, 3.63) is 0 Å². The van der Waals surface area contributed by atoms with Crippen LogP contribution in [0.4, 0.5) is 0 Å². The highest BCUT2D eigenvalue weighted by Gasteiger charge is 2.12. The number of aliphatic imine (C=N–C) groups is 1. The van der Waals surface area contributed by atoms with Crippen LogP contribution in [0, 0.1) is 5.41 Å². The van der Waals surface area contributed by atoms with Crippen molar-refractivity contribution in [1.29, 1.82) is 0 Å². The maximum atomic E-state index is 5.97. The van der Waals surface area contributed by atoms with Gasteiger partial charge in [0, 0.05) is 19.6 Å². The lowest BCUT2D eigenvalue weighted by molar-refractivity contribution is 0.336. The highest BCUT2D eigenvalue weighted by Crippen LogP contribution is 2.20. The van der Waals surface area contributed by atoms with Crippen LogP contribution in [0.2, 0.25) is 0 Å². The smallest absolute Gasteiger partial charge is 0.191 e. The molecule has 1 heterocycles. The van der Waals surface area contributed by atoms with Crippen molar-refractivity contribution in [3.8, 4) is 0 Å². The summed E-state index contributed by atoms with van der Waals surface area (Å²) in [5.74, 6) is 0.758. The third kappa shape index (κ3) is 7.84. The summed E-state index contributed by atoms with van der Waals surface area (Å²) in [7, 11) is 0. The molecule has 0 bridgehead atoms. The van der Waals surface area contributed by atoms with E-state index in [-0.39, 0.29) is 24.0 Å². The minimum absolute atomic E-state index is 0. The van der Waals surface area contributed by atoms with Crippen LogP contribution in [0.1, 0.15) is 52.9 Å². The van der Waals surface area contributed by atoms with E-state index in [1.54, 1.807) is 0 Å². The molecule has 4 heteroatoms. The minimum atomic E-state index is 0. The topological polar surface area (TPSA) is 41.6 Å². The third-order valence-corrected chi connectivity index (χ3v) is 3.04. The Kier molecular flexibility index (Phi) is 8.16. The monoisotopic (exact) mass is 353 g/mol. The number of nitrogens with zero attached hydrogens (tertiary/aromatic N) is 2. The lowest BCUT2D eigenvalue weighted by Crippen LogP contribution is -2.40. The molecule has 0 aromatic rings. The summed E-state index contributed by atoms with van der Waals surface area (Å²) in [4.78, 5) is 6.69. The van der Waals surface area contributed by atoms with Gasteiger partial charge in [-0.25, -0.2) is 0 Å². The number of halogens is 1. The average molecular weight is 353 g/mol. The van der Waals surface area contributed by atoms with Crippen molar-refractivity contribution in [2.75, 3.05) is 19.6 Å². The zero-order valence-electron chi connectivity index (χ0n) is 11.5. The number of hydrogen-bond acceptors (Lipinski definition) is 1. The maximum absolute atomic E-state index is 5.97. The van der Waals surface area contributed by atoms with E-state index in [4.69, 9.17) is 5.73 Å². The Morgan fingerprint density at radius 1 is 1.18 bits per heavy atom. The number of hydrogen-bond donors (Lipinski definition) is 1. The molecule has 0 radical (unpaired) electrons. The van der Waals surface area contributed by atoms with E-state index >= 15 is 0 Å². The predicted molar refractivity (Wildman–Crippen MR) is 86.0 cm³/mol. The third-order valence-electron chi connectivity index (χ3n) is 3.04. The van der Waals surface area contributed by atoms with Gasteiger partial charge >= 0.3 is 0 Å². The summed E-state index contributed by atoms with van der Waals surface area (Å²) < 4.78 is 0. The van der Waals surface area contributed by atoms with Crippen LogP contribution < -0.4 is 5.73 Å². The molecule has 17 heavy (non-hydrogen) atoms. The van der Waals surface area contributed by atoms with Gasteiger partial charge in [-0.2, -0.15) is 0 Å². The van der Waals surface area contributed by atoms with Crippen LogP contribution in [0.15, 0.2) is 4.99 Å². The number of likely N-dealkylation sites (tertiary alicyclic amines) is 1. The lowest BCUT2D eigenvalue weighted by atomic mass is 9.91.